The molecule has 0 radical (unpaired) electrons. The summed E-state index contributed by atoms with van der Waals surface area (Å²) in [5.74, 6) is -0.902. The van der Waals surface area contributed by atoms with Gasteiger partial charge in [-0.1, -0.05) is 48.5 Å². The van der Waals surface area contributed by atoms with Gasteiger partial charge in [-0.25, -0.2) is 4.79 Å². The lowest BCUT2D eigenvalue weighted by atomic mass is 10.1. The van der Waals surface area contributed by atoms with Crippen LogP contribution in [0.1, 0.15) is 5.56 Å². The molecule has 0 saturated carbocycles. The number of rotatable bonds is 3. The summed E-state index contributed by atoms with van der Waals surface area (Å²) in [5.41, 5.74) is 1.12. The lowest BCUT2D eigenvalue weighted by molar-refractivity contribution is -0.131. The molecule has 0 saturated heterocycles. The first-order valence-corrected chi connectivity index (χ1v) is 5.13. The zero-order valence-corrected chi connectivity index (χ0v) is 8.76. The van der Waals surface area contributed by atoms with Gasteiger partial charge in [0.1, 0.15) is 0 Å². The highest BCUT2D eigenvalue weighted by Crippen LogP contribution is 2.15. The van der Waals surface area contributed by atoms with E-state index in [4.69, 9.17) is 5.11 Å². The average Bonchev–Trinajstić information content (AvgIpc) is 2.28. The Balaban J connectivity index is 2.23. The summed E-state index contributed by atoms with van der Waals surface area (Å²) in [6.45, 7) is 0. The predicted molar refractivity (Wildman–Crippen MR) is 64.4 cm³/mol. The first kappa shape index (κ1) is 10.4. The van der Waals surface area contributed by atoms with Crippen molar-refractivity contribution in [1.82, 2.24) is 0 Å². The molecule has 2 nitrogen and oxygen atoms in total. The third-order valence-corrected chi connectivity index (χ3v) is 2.43. The number of hydrogen-bond acceptors (Lipinski definition) is 1. The van der Waals surface area contributed by atoms with Crippen molar-refractivity contribution in [2.45, 2.75) is 6.42 Å². The molecule has 80 valence electrons. The molecule has 0 heterocycles. The molecule has 2 heteroatoms. The molecule has 0 bridgehead atoms. The summed E-state index contributed by atoms with van der Waals surface area (Å²) in [4.78, 5) is 10.3. The molecule has 0 aromatic heterocycles. The zero-order chi connectivity index (χ0) is 11.4. The van der Waals surface area contributed by atoms with E-state index in [1.54, 1.807) is 6.08 Å². The van der Waals surface area contributed by atoms with Crippen molar-refractivity contribution in [2.75, 3.05) is 0 Å². The predicted octanol–water partition coefficient (Wildman–Crippen LogP) is 3.02. The van der Waals surface area contributed by atoms with Gasteiger partial charge < -0.3 is 5.11 Å². The van der Waals surface area contributed by atoms with Crippen molar-refractivity contribution >= 4 is 16.7 Å². The minimum Gasteiger partial charge on any atom is -0.478 e. The second-order valence-corrected chi connectivity index (χ2v) is 3.63. The third kappa shape index (κ3) is 2.48. The Morgan fingerprint density at radius 3 is 2.62 bits per heavy atom. The molecular weight excluding hydrogens is 200 g/mol. The molecule has 0 amide bonds. The third-order valence-electron chi connectivity index (χ3n) is 2.43. The van der Waals surface area contributed by atoms with Crippen molar-refractivity contribution in [1.29, 1.82) is 0 Å². The standard InChI is InChI=1S/C14H12O2/c15-14(16)7-3-4-11-8-9-12-5-1-2-6-13(12)10-11/h1-3,5-10H,4H2,(H,15,16). The van der Waals surface area contributed by atoms with Crippen LogP contribution in [0.2, 0.25) is 0 Å². The fourth-order valence-electron chi connectivity index (χ4n) is 1.66. The van der Waals surface area contributed by atoms with Crippen LogP contribution in [-0.2, 0) is 11.2 Å². The highest BCUT2D eigenvalue weighted by molar-refractivity contribution is 5.83. The Morgan fingerprint density at radius 1 is 1.12 bits per heavy atom. The van der Waals surface area contributed by atoms with Gasteiger partial charge in [0.2, 0.25) is 0 Å². The van der Waals surface area contributed by atoms with Crippen LogP contribution >= 0.6 is 0 Å². The molecule has 0 spiro atoms. The van der Waals surface area contributed by atoms with Crippen molar-refractivity contribution < 1.29 is 9.90 Å². The first-order chi connectivity index (χ1) is 7.75. The van der Waals surface area contributed by atoms with E-state index in [-0.39, 0.29) is 0 Å². The van der Waals surface area contributed by atoms with Gasteiger partial charge in [-0.05, 0) is 22.8 Å². The van der Waals surface area contributed by atoms with E-state index in [0.29, 0.717) is 6.42 Å². The highest BCUT2D eigenvalue weighted by atomic mass is 16.4. The number of carboxylic acids is 1. The van der Waals surface area contributed by atoms with Gasteiger partial charge in [-0.2, -0.15) is 0 Å². The number of fused-ring (bicyclic) bond motifs is 1. The topological polar surface area (TPSA) is 37.3 Å². The van der Waals surface area contributed by atoms with E-state index < -0.39 is 5.97 Å². The van der Waals surface area contributed by atoms with Crippen LogP contribution in [0.15, 0.2) is 54.6 Å². The van der Waals surface area contributed by atoms with Crippen LogP contribution < -0.4 is 0 Å². The van der Waals surface area contributed by atoms with E-state index in [1.807, 2.05) is 18.2 Å². The van der Waals surface area contributed by atoms with Crippen molar-refractivity contribution in [3.05, 3.63) is 60.2 Å². The van der Waals surface area contributed by atoms with Crippen LogP contribution in [0.3, 0.4) is 0 Å². The number of aliphatic carboxylic acids is 1. The minimum absolute atomic E-state index is 0.650. The maximum atomic E-state index is 10.3. The van der Waals surface area contributed by atoms with E-state index in [0.717, 1.165) is 5.56 Å². The van der Waals surface area contributed by atoms with Crippen LogP contribution in [0.4, 0.5) is 0 Å². The Hall–Kier alpha value is -2.09. The molecule has 1 N–H and O–H groups in total. The van der Waals surface area contributed by atoms with Gasteiger partial charge in [-0.3, -0.25) is 0 Å². The van der Waals surface area contributed by atoms with E-state index in [1.165, 1.54) is 16.8 Å². The number of benzene rings is 2. The summed E-state index contributed by atoms with van der Waals surface area (Å²) in [7, 11) is 0. The zero-order valence-electron chi connectivity index (χ0n) is 8.76. The second kappa shape index (κ2) is 4.62. The molecule has 0 aliphatic carbocycles. The molecule has 0 aliphatic rings. The van der Waals surface area contributed by atoms with Gasteiger partial charge >= 0.3 is 5.97 Å². The summed E-state index contributed by atoms with van der Waals surface area (Å²) < 4.78 is 0. The normalized spacial score (nSPS) is 11.0. The van der Waals surface area contributed by atoms with Gasteiger partial charge in [0.15, 0.2) is 0 Å². The Kier molecular flexibility index (Phi) is 3.01. The molecule has 16 heavy (non-hydrogen) atoms. The summed E-state index contributed by atoms with van der Waals surface area (Å²) in [6, 6.07) is 14.3. The number of carboxylic acid groups (broad SMARTS) is 1. The maximum absolute atomic E-state index is 10.3. The first-order valence-electron chi connectivity index (χ1n) is 5.13. The van der Waals surface area contributed by atoms with Crippen LogP contribution in [0.5, 0.6) is 0 Å². The quantitative estimate of drug-likeness (QED) is 0.794. The lowest BCUT2D eigenvalue weighted by Crippen LogP contribution is -1.87. The molecule has 0 aliphatic heterocycles. The molecule has 0 unspecified atom stereocenters. The highest BCUT2D eigenvalue weighted by Gasteiger charge is 1.94. The number of allylic oxidation sites excluding steroid dienone is 1. The molecule has 2 rings (SSSR count). The fraction of sp³-hybridized carbons (Fsp3) is 0.0714. The van der Waals surface area contributed by atoms with E-state index in [9.17, 15) is 4.79 Å². The van der Waals surface area contributed by atoms with Gasteiger partial charge in [0, 0.05) is 6.08 Å². The SMILES string of the molecule is O=C(O)C=CCc1ccc2ccccc2c1. The molecular formula is C14H12O2. The van der Waals surface area contributed by atoms with Crippen LogP contribution in [-0.4, -0.2) is 11.1 Å². The molecule has 2 aromatic carbocycles. The summed E-state index contributed by atoms with van der Waals surface area (Å²) in [6.07, 6.45) is 3.48. The number of carbonyl (C=O) groups is 1. The Bertz CT molecular complexity index is 541. The van der Waals surface area contributed by atoms with Crippen molar-refractivity contribution in [3.63, 3.8) is 0 Å². The molecule has 0 atom stereocenters. The summed E-state index contributed by atoms with van der Waals surface area (Å²) in [5, 5.41) is 10.9. The van der Waals surface area contributed by atoms with Crippen LogP contribution in [0, 0.1) is 0 Å². The van der Waals surface area contributed by atoms with Gasteiger partial charge in [-0.15, -0.1) is 0 Å². The van der Waals surface area contributed by atoms with Crippen molar-refractivity contribution in [2.24, 2.45) is 0 Å². The second-order valence-electron chi connectivity index (χ2n) is 3.63. The van der Waals surface area contributed by atoms with Gasteiger partial charge in [0.25, 0.3) is 0 Å². The summed E-state index contributed by atoms with van der Waals surface area (Å²) >= 11 is 0. The Morgan fingerprint density at radius 2 is 1.88 bits per heavy atom. The van der Waals surface area contributed by atoms with Crippen molar-refractivity contribution in [3.8, 4) is 0 Å². The molecule has 2 aromatic rings. The monoisotopic (exact) mass is 212 g/mol. The van der Waals surface area contributed by atoms with E-state index >= 15 is 0 Å². The van der Waals surface area contributed by atoms with Crippen LogP contribution in [0.25, 0.3) is 10.8 Å². The fourth-order valence-corrected chi connectivity index (χ4v) is 1.66. The smallest absolute Gasteiger partial charge is 0.327 e. The Labute approximate surface area is 93.8 Å². The minimum atomic E-state index is -0.902. The maximum Gasteiger partial charge on any atom is 0.327 e. The van der Waals surface area contributed by atoms with E-state index in [2.05, 4.69) is 24.3 Å². The largest absolute Gasteiger partial charge is 0.478 e. The number of hydrogen-bond donors (Lipinski definition) is 1. The molecule has 0 fully saturated rings. The van der Waals surface area contributed by atoms with Gasteiger partial charge in [0.05, 0.1) is 0 Å². The lowest BCUT2D eigenvalue weighted by Gasteiger charge is -2.00. The average molecular weight is 212 g/mol.